The van der Waals surface area contributed by atoms with Gasteiger partial charge in [0.25, 0.3) is 5.92 Å². The lowest BCUT2D eigenvalue weighted by Gasteiger charge is -2.15. The lowest BCUT2D eigenvalue weighted by Crippen LogP contribution is -2.18. The number of esters is 1. The Kier molecular flexibility index (Phi) is 3.63. The van der Waals surface area contributed by atoms with Crippen molar-refractivity contribution < 1.29 is 27.8 Å². The van der Waals surface area contributed by atoms with Gasteiger partial charge in [0.2, 0.25) is 5.88 Å². The number of methoxy groups -OCH3 is 2. The van der Waals surface area contributed by atoms with Crippen molar-refractivity contribution in [1.82, 2.24) is 4.98 Å². The quantitative estimate of drug-likeness (QED) is 0.794. The fourth-order valence-electron chi connectivity index (χ4n) is 2.37. The van der Waals surface area contributed by atoms with Crippen molar-refractivity contribution in [3.63, 3.8) is 0 Å². The van der Waals surface area contributed by atoms with E-state index in [1.807, 2.05) is 0 Å². The molecule has 2 heterocycles. The number of carbonyl (C=O) groups excluding carboxylic acids is 1. The Balaban J connectivity index is 2.11. The molecule has 0 atom stereocenters. The Bertz CT molecular complexity index is 777. The number of hydrogen-bond acceptors (Lipinski definition) is 5. The molecular weight excluding hydrogens is 308 g/mol. The number of rotatable bonds is 2. The number of aromatic nitrogens is 1. The molecule has 0 amide bonds. The van der Waals surface area contributed by atoms with Crippen molar-refractivity contribution in [3.8, 4) is 17.4 Å². The van der Waals surface area contributed by atoms with E-state index in [2.05, 4.69) is 9.72 Å². The van der Waals surface area contributed by atoms with Crippen LogP contribution in [0.3, 0.4) is 0 Å². The molecule has 23 heavy (non-hydrogen) atoms. The lowest BCUT2D eigenvalue weighted by atomic mass is 10.0. The van der Waals surface area contributed by atoms with E-state index in [4.69, 9.17) is 9.47 Å². The maximum Gasteiger partial charge on any atom is 0.337 e. The van der Waals surface area contributed by atoms with E-state index in [-0.39, 0.29) is 28.5 Å². The fraction of sp³-hybridized carbons (Fsp3) is 0.250. The van der Waals surface area contributed by atoms with E-state index in [0.717, 1.165) is 0 Å². The zero-order valence-electron chi connectivity index (χ0n) is 12.4. The van der Waals surface area contributed by atoms with Crippen molar-refractivity contribution in [3.05, 3.63) is 47.2 Å². The molecule has 0 aliphatic carbocycles. The predicted molar refractivity (Wildman–Crippen MR) is 76.2 cm³/mol. The smallest absolute Gasteiger partial charge is 0.337 e. The maximum atomic E-state index is 14.5. The number of benzene rings is 1. The Labute approximate surface area is 130 Å². The molecule has 0 spiro atoms. The van der Waals surface area contributed by atoms with E-state index in [9.17, 15) is 13.6 Å². The summed E-state index contributed by atoms with van der Waals surface area (Å²) < 4.78 is 44.1. The van der Waals surface area contributed by atoms with Gasteiger partial charge in [-0.05, 0) is 18.2 Å². The number of carbonyl (C=O) groups is 1. The maximum absolute atomic E-state index is 14.5. The van der Waals surface area contributed by atoms with Gasteiger partial charge in [0.1, 0.15) is 5.75 Å². The third-order valence-corrected chi connectivity index (χ3v) is 3.51. The van der Waals surface area contributed by atoms with Crippen LogP contribution < -0.4 is 9.47 Å². The van der Waals surface area contributed by atoms with Crippen LogP contribution in [0.15, 0.2) is 30.3 Å². The molecule has 5 nitrogen and oxygen atoms in total. The summed E-state index contributed by atoms with van der Waals surface area (Å²) in [6, 6.07) is 7.04. The summed E-state index contributed by atoms with van der Waals surface area (Å²) >= 11 is 0. The molecule has 0 bridgehead atoms. The van der Waals surface area contributed by atoms with Gasteiger partial charge in [-0.25, -0.2) is 9.78 Å². The number of ether oxygens (including phenoxy) is 3. The van der Waals surface area contributed by atoms with Gasteiger partial charge in [0.15, 0.2) is 11.4 Å². The van der Waals surface area contributed by atoms with E-state index in [1.54, 1.807) is 0 Å². The second-order valence-electron chi connectivity index (χ2n) is 5.00. The summed E-state index contributed by atoms with van der Waals surface area (Å²) in [5.74, 6) is -3.61. The largest absolute Gasteiger partial charge is 0.481 e. The van der Waals surface area contributed by atoms with Crippen LogP contribution >= 0.6 is 0 Å². The number of hydrogen-bond donors (Lipinski definition) is 0. The highest BCUT2D eigenvalue weighted by Gasteiger charge is 2.40. The zero-order valence-corrected chi connectivity index (χ0v) is 12.4. The molecule has 120 valence electrons. The summed E-state index contributed by atoms with van der Waals surface area (Å²) in [4.78, 5) is 15.4. The first kappa shape index (κ1) is 15.2. The molecule has 1 aliphatic rings. The summed E-state index contributed by atoms with van der Waals surface area (Å²) in [5.41, 5.74) is 0.00627. The van der Waals surface area contributed by atoms with Gasteiger partial charge in [-0.15, -0.1) is 0 Å². The van der Waals surface area contributed by atoms with Crippen LogP contribution in [0.25, 0.3) is 0 Å². The van der Waals surface area contributed by atoms with Crippen LogP contribution in [0, 0.1) is 0 Å². The highest BCUT2D eigenvalue weighted by molar-refractivity contribution is 5.90. The van der Waals surface area contributed by atoms with E-state index in [1.165, 1.54) is 44.6 Å². The minimum absolute atomic E-state index is 0.0726. The number of halogens is 2. The van der Waals surface area contributed by atoms with Crippen LogP contribution in [0.4, 0.5) is 8.78 Å². The summed E-state index contributed by atoms with van der Waals surface area (Å²) in [7, 11) is 2.59. The minimum Gasteiger partial charge on any atom is -0.481 e. The van der Waals surface area contributed by atoms with Crippen LogP contribution in [0.1, 0.15) is 21.6 Å². The SMILES string of the molecule is COC(=O)c1ccc2c(c1)Oc1ccc(OC)nc1C(F)(F)C2. The van der Waals surface area contributed by atoms with Crippen LogP contribution in [-0.4, -0.2) is 25.2 Å². The van der Waals surface area contributed by atoms with E-state index in [0.29, 0.717) is 0 Å². The van der Waals surface area contributed by atoms with Gasteiger partial charge in [0.05, 0.1) is 19.8 Å². The van der Waals surface area contributed by atoms with Gasteiger partial charge in [-0.3, -0.25) is 0 Å². The van der Waals surface area contributed by atoms with Gasteiger partial charge < -0.3 is 14.2 Å². The van der Waals surface area contributed by atoms with Gasteiger partial charge in [-0.2, -0.15) is 8.78 Å². The average Bonchev–Trinajstić information content (AvgIpc) is 2.66. The number of fused-ring (bicyclic) bond motifs is 2. The summed E-state index contributed by atoms with van der Waals surface area (Å²) in [6.07, 6.45) is -0.586. The summed E-state index contributed by atoms with van der Waals surface area (Å²) in [5, 5.41) is 0. The number of alkyl halides is 2. The van der Waals surface area contributed by atoms with Crippen molar-refractivity contribution in [2.75, 3.05) is 14.2 Å². The van der Waals surface area contributed by atoms with Crippen molar-refractivity contribution >= 4 is 5.97 Å². The molecule has 0 radical (unpaired) electrons. The Morgan fingerprint density at radius 1 is 1.22 bits per heavy atom. The van der Waals surface area contributed by atoms with Crippen LogP contribution in [-0.2, 0) is 17.1 Å². The third kappa shape index (κ3) is 2.69. The highest BCUT2D eigenvalue weighted by atomic mass is 19.3. The molecule has 0 saturated carbocycles. The Morgan fingerprint density at radius 2 is 2.00 bits per heavy atom. The molecule has 0 N–H and O–H groups in total. The average molecular weight is 321 g/mol. The van der Waals surface area contributed by atoms with Crippen LogP contribution in [0.5, 0.6) is 17.4 Å². The van der Waals surface area contributed by atoms with Crippen molar-refractivity contribution in [1.29, 1.82) is 0 Å². The highest BCUT2D eigenvalue weighted by Crippen LogP contribution is 2.44. The number of pyridine rings is 1. The van der Waals surface area contributed by atoms with Crippen molar-refractivity contribution in [2.24, 2.45) is 0 Å². The predicted octanol–water partition coefficient (Wildman–Crippen LogP) is 3.32. The third-order valence-electron chi connectivity index (χ3n) is 3.51. The van der Waals surface area contributed by atoms with Gasteiger partial charge in [-0.1, -0.05) is 6.07 Å². The molecule has 7 heteroatoms. The summed E-state index contributed by atoms with van der Waals surface area (Å²) in [6.45, 7) is 0. The first-order valence-corrected chi connectivity index (χ1v) is 6.77. The molecule has 3 rings (SSSR count). The first-order chi connectivity index (χ1) is 10.9. The molecule has 1 aliphatic heterocycles. The second-order valence-corrected chi connectivity index (χ2v) is 5.00. The molecule has 0 saturated heterocycles. The van der Waals surface area contributed by atoms with E-state index >= 15 is 0 Å². The van der Waals surface area contributed by atoms with Crippen molar-refractivity contribution in [2.45, 2.75) is 12.3 Å². The number of nitrogens with zero attached hydrogens (tertiary/aromatic N) is 1. The van der Waals surface area contributed by atoms with Gasteiger partial charge in [0, 0.05) is 18.1 Å². The van der Waals surface area contributed by atoms with E-state index < -0.39 is 24.0 Å². The van der Waals surface area contributed by atoms with Crippen LogP contribution in [0.2, 0.25) is 0 Å². The molecule has 1 aromatic heterocycles. The molecule has 0 unspecified atom stereocenters. The standard InChI is InChI=1S/C16H13F2NO4/c1-21-13-6-5-11-14(19-13)16(17,18)8-10-4-3-9(15(20)22-2)7-12(10)23-11/h3-7H,8H2,1-2H3. The Hall–Kier alpha value is -2.70. The monoisotopic (exact) mass is 321 g/mol. The second kappa shape index (κ2) is 5.49. The molecule has 0 fully saturated rings. The molecule has 1 aromatic carbocycles. The Morgan fingerprint density at radius 3 is 2.70 bits per heavy atom. The minimum atomic E-state index is -3.22. The normalized spacial score (nSPS) is 14.8. The fourth-order valence-corrected chi connectivity index (χ4v) is 2.37. The lowest BCUT2D eigenvalue weighted by molar-refractivity contribution is -0.00841. The molecular formula is C16H13F2NO4. The first-order valence-electron chi connectivity index (χ1n) is 6.77. The van der Waals surface area contributed by atoms with Gasteiger partial charge >= 0.3 is 5.97 Å². The molecule has 2 aromatic rings. The topological polar surface area (TPSA) is 57.7 Å². The zero-order chi connectivity index (χ0) is 16.6.